The van der Waals surface area contributed by atoms with Gasteiger partial charge >= 0.3 is 0 Å². The molecule has 1 atom stereocenters. The van der Waals surface area contributed by atoms with Crippen LogP contribution in [-0.4, -0.2) is 83.3 Å². The van der Waals surface area contributed by atoms with Crippen LogP contribution in [0.1, 0.15) is 81.6 Å². The molecule has 1 aliphatic carbocycles. The van der Waals surface area contributed by atoms with Crippen LogP contribution in [0.15, 0.2) is 59.6 Å². The fourth-order valence-corrected chi connectivity index (χ4v) is 5.80. The van der Waals surface area contributed by atoms with Gasteiger partial charge in [0, 0.05) is 51.4 Å². The summed E-state index contributed by atoms with van der Waals surface area (Å²) in [4.78, 5) is 39.0. The normalized spacial score (nSPS) is 17.6. The van der Waals surface area contributed by atoms with E-state index in [0.717, 1.165) is 26.2 Å². The highest BCUT2D eigenvalue weighted by molar-refractivity contribution is 5.94. The molecule has 6 rings (SSSR count). The summed E-state index contributed by atoms with van der Waals surface area (Å²) >= 11 is 0. The number of carbonyl (C=O) groups excluding carboxylic acids is 3. The lowest BCUT2D eigenvalue weighted by molar-refractivity contribution is -0.109. The Kier molecular flexibility index (Phi) is 17.9. The number of aliphatic hydroxyl groups is 1. The van der Waals surface area contributed by atoms with Crippen molar-refractivity contribution in [3.8, 4) is 0 Å². The van der Waals surface area contributed by atoms with Gasteiger partial charge in [-0.05, 0) is 30.2 Å². The van der Waals surface area contributed by atoms with Gasteiger partial charge in [-0.2, -0.15) is 5.10 Å². The summed E-state index contributed by atoms with van der Waals surface area (Å²) in [6.45, 7) is 11.0. The first-order valence-corrected chi connectivity index (χ1v) is 16.7. The van der Waals surface area contributed by atoms with Gasteiger partial charge in [-0.3, -0.25) is 19.1 Å². The molecule has 2 saturated heterocycles. The van der Waals surface area contributed by atoms with Gasteiger partial charge in [-0.25, -0.2) is 4.98 Å². The molecule has 1 unspecified atom stereocenters. The number of nitrogens with one attached hydrogen (secondary N) is 1. The number of hydrogen-bond acceptors (Lipinski definition) is 8. The summed E-state index contributed by atoms with van der Waals surface area (Å²) in [6.07, 6.45) is 16.9. The standard InChI is InChI=1S/C21H23N5O2.C7H14O.C4H10.C2H5NO.CH3NO/c1-16-10-24(13-21(16)14-25(15-21)20-22-7-8-28-20)19(27)18-9-23-26(12-18)11-17-5-3-2-4-6-17;8-6-7-4-2-1-3-5-7;1-3-4-2;1-3-2-4;2-1-3/h2-9,12,16H,10-11,13-15H2,1H3;7-8H,1-6H2;3-4H2,1-2H3;2H,1H3,(H,3,4);1H,(H2,2,3). The first-order valence-electron chi connectivity index (χ1n) is 16.7. The van der Waals surface area contributed by atoms with Gasteiger partial charge in [0.25, 0.3) is 11.9 Å². The van der Waals surface area contributed by atoms with Crippen molar-refractivity contribution in [3.05, 3.63) is 66.3 Å². The second-order valence-electron chi connectivity index (χ2n) is 12.3. The predicted molar refractivity (Wildman–Crippen MR) is 184 cm³/mol. The van der Waals surface area contributed by atoms with Crippen molar-refractivity contribution >= 4 is 24.7 Å². The van der Waals surface area contributed by atoms with E-state index in [1.807, 2.05) is 34.0 Å². The molecule has 3 aliphatic rings. The molecule has 2 aromatic heterocycles. The average molecular weight is 654 g/mol. The molecule has 3 aromatic rings. The van der Waals surface area contributed by atoms with Crippen LogP contribution in [0.3, 0.4) is 0 Å². The molecule has 0 radical (unpaired) electrons. The maximum absolute atomic E-state index is 13.0. The van der Waals surface area contributed by atoms with Crippen molar-refractivity contribution in [2.45, 2.75) is 72.3 Å². The van der Waals surface area contributed by atoms with Gasteiger partial charge < -0.3 is 30.4 Å². The van der Waals surface area contributed by atoms with E-state index < -0.39 is 0 Å². The number of benzene rings is 1. The number of likely N-dealkylation sites (tertiary alicyclic amines) is 1. The number of nitrogens with zero attached hydrogens (tertiary/aromatic N) is 5. The lowest BCUT2D eigenvalue weighted by Crippen LogP contribution is -2.60. The number of aliphatic hydroxyl groups excluding tert-OH is 1. The van der Waals surface area contributed by atoms with Crippen LogP contribution in [0.2, 0.25) is 0 Å². The second-order valence-corrected chi connectivity index (χ2v) is 12.3. The first-order chi connectivity index (χ1) is 22.8. The Bertz CT molecular complexity index is 1250. The molecule has 47 heavy (non-hydrogen) atoms. The molecule has 2 aliphatic heterocycles. The molecule has 1 saturated carbocycles. The molecule has 12 heteroatoms. The average Bonchev–Trinajstić information content (AvgIpc) is 3.86. The molecule has 1 aromatic carbocycles. The third-order valence-electron chi connectivity index (χ3n) is 8.70. The number of oxazole rings is 1. The summed E-state index contributed by atoms with van der Waals surface area (Å²) in [7, 11) is 1.56. The van der Waals surface area contributed by atoms with Crippen LogP contribution in [0.4, 0.5) is 6.01 Å². The molecule has 3 amide bonds. The Balaban J connectivity index is 0.000000332. The highest BCUT2D eigenvalue weighted by atomic mass is 16.4. The van der Waals surface area contributed by atoms with Crippen LogP contribution in [0, 0.1) is 17.3 Å². The van der Waals surface area contributed by atoms with E-state index in [1.54, 1.807) is 25.7 Å². The molecule has 260 valence electrons. The molecule has 12 nitrogen and oxygen atoms in total. The first kappa shape index (κ1) is 39.0. The number of amides is 3. The number of nitrogens with two attached hydrogens (primary N) is 1. The highest BCUT2D eigenvalue weighted by Gasteiger charge is 2.54. The van der Waals surface area contributed by atoms with Crippen molar-refractivity contribution in [3.63, 3.8) is 0 Å². The number of primary amides is 1. The SMILES string of the molecule is CC1CN(C(=O)c2cnn(Cc3ccccc3)c2)CC12CN(c1ncco1)C2.CCCC.CNC=O.NC=O.OCC1CCCCC1. The molecule has 0 bridgehead atoms. The van der Waals surface area contributed by atoms with Crippen LogP contribution in [0.25, 0.3) is 0 Å². The maximum atomic E-state index is 13.0. The lowest BCUT2D eigenvalue weighted by atomic mass is 9.72. The fourth-order valence-electron chi connectivity index (χ4n) is 5.80. The summed E-state index contributed by atoms with van der Waals surface area (Å²) in [5.74, 6) is 1.16. The quantitative estimate of drug-likeness (QED) is 0.318. The number of rotatable bonds is 7. The number of anilines is 1. The minimum atomic E-state index is 0.0672. The van der Waals surface area contributed by atoms with Crippen molar-refractivity contribution in [2.75, 3.05) is 44.7 Å². The zero-order valence-corrected chi connectivity index (χ0v) is 28.6. The van der Waals surface area contributed by atoms with Crippen LogP contribution in [0.5, 0.6) is 0 Å². The van der Waals surface area contributed by atoms with Crippen LogP contribution in [-0.2, 0) is 16.1 Å². The smallest absolute Gasteiger partial charge is 0.297 e. The van der Waals surface area contributed by atoms with Gasteiger partial charge in [0.15, 0.2) is 0 Å². The topological polar surface area (TPSA) is 160 Å². The van der Waals surface area contributed by atoms with Gasteiger partial charge in [0.1, 0.15) is 6.26 Å². The van der Waals surface area contributed by atoms with Crippen molar-refractivity contribution in [2.24, 2.45) is 23.0 Å². The third-order valence-corrected chi connectivity index (χ3v) is 8.70. The van der Waals surface area contributed by atoms with E-state index in [-0.39, 0.29) is 17.7 Å². The van der Waals surface area contributed by atoms with E-state index in [0.29, 0.717) is 43.0 Å². The van der Waals surface area contributed by atoms with E-state index in [1.165, 1.54) is 50.5 Å². The van der Waals surface area contributed by atoms with Gasteiger partial charge in [0.05, 0.1) is 24.5 Å². The second kappa shape index (κ2) is 21.6. The van der Waals surface area contributed by atoms with Crippen LogP contribution >= 0.6 is 0 Å². The van der Waals surface area contributed by atoms with Crippen molar-refractivity contribution < 1.29 is 23.9 Å². The minimum Gasteiger partial charge on any atom is -0.432 e. The largest absolute Gasteiger partial charge is 0.432 e. The van der Waals surface area contributed by atoms with Crippen molar-refractivity contribution in [1.82, 2.24) is 25.0 Å². The number of aromatic nitrogens is 3. The minimum absolute atomic E-state index is 0.0672. The van der Waals surface area contributed by atoms with E-state index in [4.69, 9.17) is 19.1 Å². The Morgan fingerprint density at radius 2 is 1.74 bits per heavy atom. The summed E-state index contributed by atoms with van der Waals surface area (Å²) in [5, 5.41) is 15.3. The van der Waals surface area contributed by atoms with Crippen LogP contribution < -0.4 is 16.0 Å². The van der Waals surface area contributed by atoms with Gasteiger partial charge in [-0.1, -0.05) is 83.2 Å². The maximum Gasteiger partial charge on any atom is 0.297 e. The van der Waals surface area contributed by atoms with Gasteiger partial charge in [-0.15, -0.1) is 0 Å². The molecule has 1 spiro atoms. The number of unbranched alkanes of at least 4 members (excludes halogenated alkanes) is 1. The summed E-state index contributed by atoms with van der Waals surface area (Å²) in [6, 6.07) is 10.8. The molecular weight excluding hydrogens is 598 g/mol. The highest BCUT2D eigenvalue weighted by Crippen LogP contribution is 2.45. The predicted octanol–water partition coefficient (Wildman–Crippen LogP) is 4.35. The summed E-state index contributed by atoms with van der Waals surface area (Å²) < 4.78 is 7.22. The van der Waals surface area contributed by atoms with E-state index >= 15 is 0 Å². The fraction of sp³-hybridized carbons (Fsp3) is 0.571. The Morgan fingerprint density at radius 3 is 2.26 bits per heavy atom. The monoisotopic (exact) mass is 653 g/mol. The molecule has 4 N–H and O–H groups in total. The van der Waals surface area contributed by atoms with Crippen molar-refractivity contribution in [1.29, 1.82) is 0 Å². The molecule has 4 heterocycles. The van der Waals surface area contributed by atoms with E-state index in [9.17, 15) is 4.79 Å². The summed E-state index contributed by atoms with van der Waals surface area (Å²) in [5.41, 5.74) is 6.12. The van der Waals surface area contributed by atoms with E-state index in [2.05, 4.69) is 58.9 Å². The number of carbonyl (C=O) groups is 3. The number of hydrogen-bond donors (Lipinski definition) is 3. The zero-order valence-electron chi connectivity index (χ0n) is 28.6. The Labute approximate surface area is 279 Å². The zero-order chi connectivity index (χ0) is 34.5. The molecule has 3 fully saturated rings. The third kappa shape index (κ3) is 12.5. The lowest BCUT2D eigenvalue weighted by Gasteiger charge is -2.49. The Morgan fingerprint density at radius 1 is 1.11 bits per heavy atom. The Hall–Kier alpha value is -4.19. The van der Waals surface area contributed by atoms with Gasteiger partial charge in [0.2, 0.25) is 12.8 Å². The molecular formula is C35H55N7O5.